The van der Waals surface area contributed by atoms with E-state index in [1.807, 2.05) is 6.92 Å². The number of hydrogen-bond acceptors (Lipinski definition) is 5. The van der Waals surface area contributed by atoms with Crippen molar-refractivity contribution >= 4 is 11.6 Å². The molecule has 2 rings (SSSR count). The zero-order valence-corrected chi connectivity index (χ0v) is 11.1. The first-order valence-electron chi connectivity index (χ1n) is 6.11. The Morgan fingerprint density at radius 1 is 1.52 bits per heavy atom. The minimum Gasteiger partial charge on any atom is -0.345 e. The summed E-state index contributed by atoms with van der Waals surface area (Å²) in [4.78, 5) is 21.9. The molecule has 1 amide bonds. The highest BCUT2D eigenvalue weighted by Gasteiger charge is 2.17. The van der Waals surface area contributed by atoms with Crippen LogP contribution >= 0.6 is 0 Å². The van der Waals surface area contributed by atoms with Crippen LogP contribution in [-0.4, -0.2) is 25.6 Å². The lowest BCUT2D eigenvalue weighted by atomic mass is 10.1. The Balaban J connectivity index is 2.13. The molecule has 0 spiro atoms. The molecule has 2 aromatic rings. The fraction of sp³-hybridized carbons (Fsp3) is 0.250. The number of hydrogen-bond donors (Lipinski definition) is 1. The fourth-order valence-corrected chi connectivity index (χ4v) is 1.74. The summed E-state index contributed by atoms with van der Waals surface area (Å²) in [7, 11) is 0. The number of nitro benzene ring substituents is 1. The Kier molecular flexibility index (Phi) is 4.21. The van der Waals surface area contributed by atoms with Gasteiger partial charge in [0.15, 0.2) is 5.82 Å². The molecule has 0 bridgehead atoms. The Bertz CT molecular complexity index is 685. The second-order valence-corrected chi connectivity index (χ2v) is 4.14. The van der Waals surface area contributed by atoms with Crippen LogP contribution in [0.15, 0.2) is 24.5 Å². The Morgan fingerprint density at radius 2 is 2.29 bits per heavy atom. The highest BCUT2D eigenvalue weighted by Crippen LogP contribution is 2.16. The number of halogens is 1. The molecule has 9 heteroatoms. The smallest absolute Gasteiger partial charge is 0.270 e. The van der Waals surface area contributed by atoms with Gasteiger partial charge in [-0.2, -0.15) is 0 Å². The number of rotatable bonds is 5. The van der Waals surface area contributed by atoms with Gasteiger partial charge < -0.3 is 9.88 Å². The second kappa shape index (κ2) is 6.07. The zero-order valence-electron chi connectivity index (χ0n) is 11.1. The maximum absolute atomic E-state index is 13.6. The van der Waals surface area contributed by atoms with Crippen molar-refractivity contribution in [2.75, 3.05) is 0 Å². The van der Waals surface area contributed by atoms with Gasteiger partial charge in [0.25, 0.3) is 11.6 Å². The van der Waals surface area contributed by atoms with E-state index in [1.165, 1.54) is 6.33 Å². The van der Waals surface area contributed by atoms with Crippen LogP contribution in [0.4, 0.5) is 10.1 Å². The average Bonchev–Trinajstić information content (AvgIpc) is 2.92. The van der Waals surface area contributed by atoms with Crippen LogP contribution in [-0.2, 0) is 13.1 Å². The molecule has 0 aliphatic rings. The maximum atomic E-state index is 13.6. The summed E-state index contributed by atoms with van der Waals surface area (Å²) in [5.41, 5.74) is -0.731. The Labute approximate surface area is 118 Å². The van der Waals surface area contributed by atoms with Gasteiger partial charge in [-0.25, -0.2) is 4.39 Å². The van der Waals surface area contributed by atoms with Crippen molar-refractivity contribution in [3.63, 3.8) is 0 Å². The predicted molar refractivity (Wildman–Crippen MR) is 69.9 cm³/mol. The van der Waals surface area contributed by atoms with Crippen LogP contribution in [0.25, 0.3) is 0 Å². The summed E-state index contributed by atoms with van der Waals surface area (Å²) in [5, 5.41) is 20.6. The molecule has 1 aromatic carbocycles. The van der Waals surface area contributed by atoms with Gasteiger partial charge >= 0.3 is 0 Å². The van der Waals surface area contributed by atoms with Gasteiger partial charge in [-0.3, -0.25) is 14.9 Å². The molecule has 21 heavy (non-hydrogen) atoms. The highest BCUT2D eigenvalue weighted by atomic mass is 19.1. The van der Waals surface area contributed by atoms with Crippen LogP contribution in [0.1, 0.15) is 23.1 Å². The quantitative estimate of drug-likeness (QED) is 0.660. The molecule has 0 fully saturated rings. The molecular formula is C12H12FN5O3. The van der Waals surface area contributed by atoms with Gasteiger partial charge in [-0.15, -0.1) is 10.2 Å². The van der Waals surface area contributed by atoms with Crippen molar-refractivity contribution in [3.05, 3.63) is 51.8 Å². The number of aryl methyl sites for hydroxylation is 1. The lowest BCUT2D eigenvalue weighted by Crippen LogP contribution is -2.25. The minimum absolute atomic E-state index is 0.0504. The third-order valence-corrected chi connectivity index (χ3v) is 2.85. The summed E-state index contributed by atoms with van der Waals surface area (Å²) in [6.07, 6.45) is 1.51. The number of amides is 1. The van der Waals surface area contributed by atoms with Crippen molar-refractivity contribution in [3.8, 4) is 0 Å². The zero-order chi connectivity index (χ0) is 15.4. The van der Waals surface area contributed by atoms with Crippen molar-refractivity contribution < 1.29 is 14.1 Å². The SMILES string of the molecule is CCn1cnnc1CNC(=O)c1cc([N+](=O)[O-])ccc1F. The van der Waals surface area contributed by atoms with Crippen molar-refractivity contribution in [2.45, 2.75) is 20.0 Å². The number of non-ortho nitro benzene ring substituents is 1. The number of nitrogens with zero attached hydrogens (tertiary/aromatic N) is 4. The number of carbonyl (C=O) groups is 1. The van der Waals surface area contributed by atoms with E-state index in [2.05, 4.69) is 15.5 Å². The van der Waals surface area contributed by atoms with Crippen LogP contribution in [0.3, 0.4) is 0 Å². The molecule has 0 radical (unpaired) electrons. The van der Waals surface area contributed by atoms with Crippen molar-refractivity contribution in [2.24, 2.45) is 0 Å². The summed E-state index contributed by atoms with van der Waals surface area (Å²) < 4.78 is 15.3. The lowest BCUT2D eigenvalue weighted by molar-refractivity contribution is -0.384. The molecule has 1 N–H and O–H groups in total. The minimum atomic E-state index is -0.824. The predicted octanol–water partition coefficient (Wildman–Crippen LogP) is 1.28. The first-order chi connectivity index (χ1) is 10.0. The van der Waals surface area contributed by atoms with Gasteiger partial charge in [-0.1, -0.05) is 0 Å². The highest BCUT2D eigenvalue weighted by molar-refractivity contribution is 5.95. The Morgan fingerprint density at radius 3 is 2.95 bits per heavy atom. The molecule has 0 aliphatic heterocycles. The normalized spacial score (nSPS) is 10.4. The molecule has 0 saturated carbocycles. The van der Waals surface area contributed by atoms with E-state index >= 15 is 0 Å². The van der Waals surface area contributed by atoms with E-state index in [9.17, 15) is 19.3 Å². The molecule has 1 aromatic heterocycles. The second-order valence-electron chi connectivity index (χ2n) is 4.14. The molecule has 0 atom stereocenters. The third-order valence-electron chi connectivity index (χ3n) is 2.85. The average molecular weight is 293 g/mol. The maximum Gasteiger partial charge on any atom is 0.270 e. The summed E-state index contributed by atoms with van der Waals surface area (Å²) in [6, 6.07) is 2.79. The molecule has 8 nitrogen and oxygen atoms in total. The van der Waals surface area contributed by atoms with E-state index in [4.69, 9.17) is 0 Å². The number of carbonyl (C=O) groups excluding carboxylic acids is 1. The largest absolute Gasteiger partial charge is 0.345 e. The molecule has 1 heterocycles. The molecular weight excluding hydrogens is 281 g/mol. The van der Waals surface area contributed by atoms with Gasteiger partial charge in [-0.05, 0) is 13.0 Å². The third kappa shape index (κ3) is 3.19. The first kappa shape index (κ1) is 14.6. The monoisotopic (exact) mass is 293 g/mol. The number of aromatic nitrogens is 3. The summed E-state index contributed by atoms with van der Waals surface area (Å²) >= 11 is 0. The molecule has 0 unspecified atom stereocenters. The van der Waals surface area contributed by atoms with Gasteiger partial charge in [0, 0.05) is 18.7 Å². The van der Waals surface area contributed by atoms with Crippen LogP contribution in [0.5, 0.6) is 0 Å². The van der Waals surface area contributed by atoms with E-state index in [-0.39, 0.29) is 17.8 Å². The van der Waals surface area contributed by atoms with Gasteiger partial charge in [0.05, 0.1) is 17.0 Å². The van der Waals surface area contributed by atoms with E-state index < -0.39 is 16.6 Å². The fourth-order valence-electron chi connectivity index (χ4n) is 1.74. The van der Waals surface area contributed by atoms with E-state index in [0.717, 1.165) is 18.2 Å². The van der Waals surface area contributed by atoms with Crippen LogP contribution < -0.4 is 5.32 Å². The van der Waals surface area contributed by atoms with Crippen LogP contribution in [0.2, 0.25) is 0 Å². The number of nitro groups is 1. The van der Waals surface area contributed by atoms with Crippen molar-refractivity contribution in [1.82, 2.24) is 20.1 Å². The molecule has 0 saturated heterocycles. The standard InChI is InChI=1S/C12H12FN5O3/c1-2-17-7-15-16-11(17)6-14-12(19)9-5-8(18(20)21)3-4-10(9)13/h3-5,7H,2,6H2,1H3,(H,14,19). The van der Waals surface area contributed by atoms with Gasteiger partial charge in [0.2, 0.25) is 0 Å². The van der Waals surface area contributed by atoms with E-state index in [0.29, 0.717) is 12.4 Å². The van der Waals surface area contributed by atoms with Crippen LogP contribution in [0, 0.1) is 15.9 Å². The summed E-state index contributed by atoms with van der Waals surface area (Å²) in [5.74, 6) is -1.06. The topological polar surface area (TPSA) is 103 Å². The van der Waals surface area contributed by atoms with Gasteiger partial charge in [0.1, 0.15) is 12.1 Å². The van der Waals surface area contributed by atoms with Crippen molar-refractivity contribution in [1.29, 1.82) is 0 Å². The number of nitrogens with one attached hydrogen (secondary N) is 1. The number of benzene rings is 1. The Hall–Kier alpha value is -2.84. The molecule has 0 aliphatic carbocycles. The first-order valence-corrected chi connectivity index (χ1v) is 6.11. The summed E-state index contributed by atoms with van der Waals surface area (Å²) in [6.45, 7) is 2.56. The van der Waals surface area contributed by atoms with E-state index in [1.54, 1.807) is 4.57 Å². The lowest BCUT2D eigenvalue weighted by Gasteiger charge is -2.06. The molecule has 110 valence electrons.